The van der Waals surface area contributed by atoms with Crippen molar-refractivity contribution in [1.82, 2.24) is 16.0 Å². The Bertz CT molecular complexity index is 1310. The van der Waals surface area contributed by atoms with Gasteiger partial charge in [0.2, 0.25) is 11.8 Å². The number of aliphatic hydroxyl groups is 1. The minimum absolute atomic E-state index is 0.0661. The number of hydrogen-bond acceptors (Lipinski definition) is 8. The van der Waals surface area contributed by atoms with Gasteiger partial charge in [0.25, 0.3) is 5.91 Å². The third kappa shape index (κ3) is 9.73. The molecule has 0 saturated heterocycles. The van der Waals surface area contributed by atoms with Crippen LogP contribution in [0.2, 0.25) is 0 Å². The highest BCUT2D eigenvalue weighted by atomic mass is 32.2. The van der Waals surface area contributed by atoms with Crippen LogP contribution in [0.4, 0.5) is 5.69 Å². The monoisotopic (exact) mass is 560 g/mol. The van der Waals surface area contributed by atoms with E-state index in [4.69, 9.17) is 5.73 Å². The van der Waals surface area contributed by atoms with Crippen LogP contribution >= 0.6 is 0 Å². The molecule has 2 aromatic carbocycles. The van der Waals surface area contributed by atoms with Gasteiger partial charge < -0.3 is 31.9 Å². The molecule has 0 spiro atoms. The number of sulfone groups is 1. The summed E-state index contributed by atoms with van der Waals surface area (Å²) < 4.78 is 23.3. The van der Waals surface area contributed by atoms with E-state index in [1.807, 2.05) is 0 Å². The Balaban J connectivity index is 2.17. The largest absolute Gasteiger partial charge is 0.508 e. The zero-order valence-corrected chi connectivity index (χ0v) is 23.2. The molecule has 0 bridgehead atoms. The molecule has 0 radical (unpaired) electrons. The Kier molecular flexibility index (Phi) is 11.1. The maximum absolute atomic E-state index is 13.1. The Labute approximate surface area is 228 Å². The Morgan fingerprint density at radius 2 is 1.64 bits per heavy atom. The van der Waals surface area contributed by atoms with Gasteiger partial charge in [-0.25, -0.2) is 8.42 Å². The summed E-state index contributed by atoms with van der Waals surface area (Å²) in [6.45, 7) is 4.23. The molecule has 2 aromatic rings. The molecule has 7 N–H and O–H groups in total. The number of carbonyl (C=O) groups excluding carboxylic acids is 3. The van der Waals surface area contributed by atoms with Crippen molar-refractivity contribution >= 4 is 33.2 Å². The Morgan fingerprint density at radius 3 is 2.21 bits per heavy atom. The first kappa shape index (κ1) is 31.3. The van der Waals surface area contributed by atoms with Gasteiger partial charge in [0, 0.05) is 28.5 Å². The smallest absolute Gasteiger partial charge is 0.252 e. The molecule has 39 heavy (non-hydrogen) atoms. The SMILES string of the molecule is Cc1c(O)cccc1C(=O)N[C@H](C(=O)N[C@@H](CO)C(=O)N[C@H](C=CS(C)(=O)=O)Cc1ccc(N)cc1)C(C)C. The van der Waals surface area contributed by atoms with Crippen molar-refractivity contribution in [2.24, 2.45) is 5.92 Å². The number of carbonyl (C=O) groups is 3. The van der Waals surface area contributed by atoms with Gasteiger partial charge in [-0.1, -0.05) is 38.1 Å². The predicted octanol–water partition coefficient (Wildman–Crippen LogP) is 0.800. The zero-order valence-electron chi connectivity index (χ0n) is 22.3. The molecule has 0 aliphatic carbocycles. The lowest BCUT2D eigenvalue weighted by atomic mass is 10.0. The van der Waals surface area contributed by atoms with Crippen LogP contribution in [-0.2, 0) is 25.8 Å². The summed E-state index contributed by atoms with van der Waals surface area (Å²) >= 11 is 0. The average Bonchev–Trinajstić information content (AvgIpc) is 2.86. The topological polar surface area (TPSA) is 188 Å². The normalized spacial score (nSPS) is 14.0. The van der Waals surface area contributed by atoms with Crippen LogP contribution in [0.1, 0.15) is 35.3 Å². The van der Waals surface area contributed by atoms with E-state index in [0.29, 0.717) is 11.3 Å². The molecule has 0 aliphatic rings. The van der Waals surface area contributed by atoms with Crippen molar-refractivity contribution in [3.63, 3.8) is 0 Å². The van der Waals surface area contributed by atoms with Crippen molar-refractivity contribution in [2.75, 3.05) is 18.6 Å². The van der Waals surface area contributed by atoms with E-state index < -0.39 is 52.3 Å². The lowest BCUT2D eigenvalue weighted by Gasteiger charge is -2.26. The summed E-state index contributed by atoms with van der Waals surface area (Å²) in [6, 6.07) is 8.05. The second kappa shape index (κ2) is 13.8. The second-order valence-electron chi connectivity index (χ2n) is 9.61. The molecule has 0 heterocycles. The van der Waals surface area contributed by atoms with Crippen LogP contribution in [0.25, 0.3) is 0 Å². The lowest BCUT2D eigenvalue weighted by molar-refractivity contribution is -0.131. The van der Waals surface area contributed by atoms with Crippen LogP contribution in [-0.4, -0.2) is 67.3 Å². The second-order valence-corrected chi connectivity index (χ2v) is 11.5. The van der Waals surface area contributed by atoms with Crippen molar-refractivity contribution in [3.05, 3.63) is 70.6 Å². The molecule has 12 heteroatoms. The van der Waals surface area contributed by atoms with E-state index in [-0.39, 0.29) is 23.7 Å². The summed E-state index contributed by atoms with van der Waals surface area (Å²) in [6.07, 6.45) is 2.55. The van der Waals surface area contributed by atoms with Crippen molar-refractivity contribution in [2.45, 2.75) is 45.3 Å². The fourth-order valence-corrected chi connectivity index (χ4v) is 4.15. The third-order valence-corrected chi connectivity index (χ3v) is 6.57. The molecule has 3 amide bonds. The molecule has 212 valence electrons. The van der Waals surface area contributed by atoms with Crippen molar-refractivity contribution in [1.29, 1.82) is 0 Å². The van der Waals surface area contributed by atoms with E-state index in [2.05, 4.69) is 16.0 Å². The molecular weight excluding hydrogens is 524 g/mol. The molecule has 3 atom stereocenters. The van der Waals surface area contributed by atoms with Crippen LogP contribution in [0.3, 0.4) is 0 Å². The van der Waals surface area contributed by atoms with Crippen LogP contribution in [0, 0.1) is 12.8 Å². The van der Waals surface area contributed by atoms with Gasteiger partial charge in [-0.15, -0.1) is 0 Å². The highest BCUT2D eigenvalue weighted by Gasteiger charge is 2.30. The highest BCUT2D eigenvalue weighted by Crippen LogP contribution is 2.20. The number of rotatable bonds is 12. The third-order valence-electron chi connectivity index (χ3n) is 5.92. The summed E-state index contributed by atoms with van der Waals surface area (Å²) in [7, 11) is -3.49. The number of nitrogens with two attached hydrogens (primary N) is 1. The van der Waals surface area contributed by atoms with Gasteiger partial charge in [0.15, 0.2) is 9.84 Å². The van der Waals surface area contributed by atoms with Crippen LogP contribution < -0.4 is 21.7 Å². The standard InChI is InChI=1S/C27H36N4O7S/c1-16(2)24(31-25(34)21-6-5-7-23(33)17(21)3)27(36)30-22(15-32)26(35)29-20(12-13-39(4,37)38)14-18-8-10-19(28)11-9-18/h5-13,16,20,22,24,32-33H,14-15,28H2,1-4H3,(H,29,35)(H,30,36)(H,31,34)/t20-,22+,24+/m1/s1. The quantitative estimate of drug-likeness (QED) is 0.206. The van der Waals surface area contributed by atoms with E-state index in [1.165, 1.54) is 24.3 Å². The number of nitrogen functional groups attached to an aromatic ring is 1. The number of phenols is 1. The molecule has 0 fully saturated rings. The maximum Gasteiger partial charge on any atom is 0.252 e. The molecule has 0 unspecified atom stereocenters. The molecule has 11 nitrogen and oxygen atoms in total. The minimum Gasteiger partial charge on any atom is -0.508 e. The Hall–Kier alpha value is -3.90. The maximum atomic E-state index is 13.1. The lowest BCUT2D eigenvalue weighted by Crippen LogP contribution is -2.57. The summed E-state index contributed by atoms with van der Waals surface area (Å²) in [4.78, 5) is 38.9. The number of nitrogens with one attached hydrogen (secondary N) is 3. The summed E-state index contributed by atoms with van der Waals surface area (Å²) in [5.41, 5.74) is 7.55. The van der Waals surface area contributed by atoms with Gasteiger partial charge in [-0.3, -0.25) is 14.4 Å². The van der Waals surface area contributed by atoms with Crippen molar-refractivity contribution in [3.8, 4) is 5.75 Å². The van der Waals surface area contributed by atoms with E-state index >= 15 is 0 Å². The first-order chi connectivity index (χ1) is 18.2. The molecular formula is C27H36N4O7S. The fourth-order valence-electron chi connectivity index (χ4n) is 3.67. The fraction of sp³-hybridized carbons (Fsp3) is 0.370. The van der Waals surface area contributed by atoms with Gasteiger partial charge in [-0.2, -0.15) is 0 Å². The highest BCUT2D eigenvalue weighted by molar-refractivity contribution is 7.93. The molecule has 2 rings (SSSR count). The van der Waals surface area contributed by atoms with Gasteiger partial charge in [-0.05, 0) is 49.1 Å². The first-order valence-electron chi connectivity index (χ1n) is 12.3. The number of amides is 3. The predicted molar refractivity (Wildman–Crippen MR) is 148 cm³/mol. The minimum atomic E-state index is -3.49. The summed E-state index contributed by atoms with van der Waals surface area (Å²) in [5.74, 6) is -2.49. The van der Waals surface area contributed by atoms with Gasteiger partial charge in [0.1, 0.15) is 17.8 Å². The van der Waals surface area contributed by atoms with E-state index in [0.717, 1.165) is 17.2 Å². The van der Waals surface area contributed by atoms with E-state index in [9.17, 15) is 33.0 Å². The van der Waals surface area contributed by atoms with Gasteiger partial charge in [0.05, 0.1) is 12.6 Å². The van der Waals surface area contributed by atoms with E-state index in [1.54, 1.807) is 45.0 Å². The molecule has 0 aromatic heterocycles. The van der Waals surface area contributed by atoms with Crippen LogP contribution in [0.5, 0.6) is 5.75 Å². The number of benzene rings is 2. The number of phenolic OH excluding ortho intramolecular Hbond substituents is 1. The zero-order chi connectivity index (χ0) is 29.3. The number of aliphatic hydroxyl groups excluding tert-OH is 1. The number of anilines is 1. The number of hydrogen-bond donors (Lipinski definition) is 6. The average molecular weight is 561 g/mol. The molecule has 0 saturated carbocycles. The first-order valence-corrected chi connectivity index (χ1v) is 14.2. The van der Waals surface area contributed by atoms with Crippen LogP contribution in [0.15, 0.2) is 53.9 Å². The Morgan fingerprint density at radius 1 is 1.00 bits per heavy atom. The molecule has 0 aliphatic heterocycles. The van der Waals surface area contributed by atoms with Crippen molar-refractivity contribution < 1.29 is 33.0 Å². The summed E-state index contributed by atoms with van der Waals surface area (Å²) in [5, 5.41) is 28.5. The van der Waals surface area contributed by atoms with Gasteiger partial charge >= 0.3 is 0 Å². The number of aromatic hydroxyl groups is 1.